The maximum Gasteiger partial charge on any atom is 0.261 e. The van der Waals surface area contributed by atoms with Gasteiger partial charge in [-0.2, -0.15) is 4.31 Å². The number of nitrogens with two attached hydrogens (primary N) is 1. The molecule has 15 heteroatoms. The minimum atomic E-state index is -4.00. The van der Waals surface area contributed by atoms with E-state index in [0.29, 0.717) is 31.7 Å². The third kappa shape index (κ3) is 6.11. The number of sulfonamides is 2. The van der Waals surface area contributed by atoms with Gasteiger partial charge in [0.15, 0.2) is 11.6 Å². The van der Waals surface area contributed by atoms with Crippen LogP contribution in [0.3, 0.4) is 0 Å². The van der Waals surface area contributed by atoms with Crippen LogP contribution in [0.25, 0.3) is 0 Å². The summed E-state index contributed by atoms with van der Waals surface area (Å²) in [6.45, 7) is -0.762. The summed E-state index contributed by atoms with van der Waals surface area (Å²) in [5.74, 6) is -5.73. The zero-order valence-corrected chi connectivity index (χ0v) is 24.1. The van der Waals surface area contributed by atoms with Gasteiger partial charge < -0.3 is 5.73 Å². The van der Waals surface area contributed by atoms with Crippen molar-refractivity contribution in [2.45, 2.75) is 50.2 Å². The molecule has 5 rings (SSSR count). The highest BCUT2D eigenvalue weighted by atomic mass is 32.2. The summed E-state index contributed by atoms with van der Waals surface area (Å²) in [7, 11) is -7.86. The van der Waals surface area contributed by atoms with Crippen molar-refractivity contribution >= 4 is 31.9 Å². The number of imide groups is 1. The maximum absolute atomic E-state index is 14.1. The number of carbonyl (C=O) groups excluding carboxylic acids is 2. The molecule has 2 fully saturated rings. The molecular weight excluding hydrogens is 597 g/mol. The molecule has 2 saturated heterocycles. The quantitative estimate of drug-likeness (QED) is 0.285. The van der Waals surface area contributed by atoms with E-state index in [0.717, 1.165) is 11.0 Å². The van der Waals surface area contributed by atoms with E-state index < -0.39 is 66.9 Å². The molecule has 3 aliphatic rings. The summed E-state index contributed by atoms with van der Waals surface area (Å²) >= 11 is 0. The van der Waals surface area contributed by atoms with Crippen LogP contribution < -0.4 is 10.5 Å². The van der Waals surface area contributed by atoms with Crippen LogP contribution in [0.1, 0.15) is 52.0 Å². The molecule has 0 spiro atoms. The van der Waals surface area contributed by atoms with Crippen LogP contribution in [0.4, 0.5) is 13.2 Å². The van der Waals surface area contributed by atoms with Crippen LogP contribution in [0.15, 0.2) is 36.4 Å². The second-order valence-corrected chi connectivity index (χ2v) is 14.9. The van der Waals surface area contributed by atoms with Gasteiger partial charge in [-0.3, -0.25) is 14.5 Å². The average Bonchev–Trinajstić information content (AvgIpc) is 3.35. The number of fused-ring (bicyclic) bond motifs is 3. The van der Waals surface area contributed by atoms with Gasteiger partial charge >= 0.3 is 0 Å². The summed E-state index contributed by atoms with van der Waals surface area (Å²) in [5, 5.41) is 0. The van der Waals surface area contributed by atoms with Crippen molar-refractivity contribution in [1.29, 1.82) is 0 Å². The lowest BCUT2D eigenvalue weighted by atomic mass is 9.83. The molecule has 2 aromatic carbocycles. The van der Waals surface area contributed by atoms with E-state index in [-0.39, 0.29) is 54.2 Å². The normalized spacial score (nSPS) is 23.4. The van der Waals surface area contributed by atoms with Gasteiger partial charge in [-0.1, -0.05) is 12.1 Å². The van der Waals surface area contributed by atoms with Gasteiger partial charge in [-0.05, 0) is 61.8 Å². The lowest BCUT2D eigenvalue weighted by Gasteiger charge is -2.40. The Morgan fingerprint density at radius 2 is 1.45 bits per heavy atom. The Bertz CT molecular complexity index is 1570. The fourth-order valence-electron chi connectivity index (χ4n) is 6.28. The average molecular weight is 629 g/mol. The van der Waals surface area contributed by atoms with Crippen LogP contribution >= 0.6 is 0 Å². The number of hydrogen-bond acceptors (Lipinski definition) is 7. The molecule has 2 amide bonds. The van der Waals surface area contributed by atoms with Gasteiger partial charge in [0.2, 0.25) is 20.0 Å². The molecule has 10 nitrogen and oxygen atoms in total. The Hall–Kier alpha value is -2.85. The Morgan fingerprint density at radius 3 is 2.05 bits per heavy atom. The minimum Gasteiger partial charge on any atom is -0.327 e. The highest BCUT2D eigenvalue weighted by molar-refractivity contribution is 7.90. The van der Waals surface area contributed by atoms with Gasteiger partial charge in [0.1, 0.15) is 5.82 Å². The predicted molar refractivity (Wildman–Crippen MR) is 147 cm³/mol. The van der Waals surface area contributed by atoms with Gasteiger partial charge in [0.05, 0.1) is 22.6 Å². The van der Waals surface area contributed by atoms with E-state index >= 15 is 0 Å². The Labute approximate surface area is 242 Å². The van der Waals surface area contributed by atoms with Crippen molar-refractivity contribution in [2.24, 2.45) is 11.7 Å². The topological polar surface area (TPSA) is 147 Å². The van der Waals surface area contributed by atoms with Gasteiger partial charge in [0.25, 0.3) is 11.8 Å². The summed E-state index contributed by atoms with van der Waals surface area (Å²) in [4.78, 5) is 25.8. The van der Waals surface area contributed by atoms with E-state index in [1.807, 2.05) is 0 Å². The summed E-state index contributed by atoms with van der Waals surface area (Å²) in [6, 6.07) is 6.15. The van der Waals surface area contributed by atoms with Crippen molar-refractivity contribution in [3.63, 3.8) is 0 Å². The molecular formula is C27H31F3N4O6S2. The smallest absolute Gasteiger partial charge is 0.261 e. The fraction of sp³-hybridized carbons (Fsp3) is 0.481. The van der Waals surface area contributed by atoms with Crippen LogP contribution in [0.5, 0.6) is 0 Å². The molecule has 228 valence electrons. The van der Waals surface area contributed by atoms with Crippen LogP contribution in [0.2, 0.25) is 0 Å². The SMILES string of the molecule is N[C@H](Cc1cc(F)c(F)cc1F)C1C[C@H]2CC[C@@H](C1)N2S(=O)(=O)CCNS(=O)(=O)CCN1C(=O)c2ccccc2C1=O. The van der Waals surface area contributed by atoms with Crippen LogP contribution in [0, 0.1) is 23.4 Å². The van der Waals surface area contributed by atoms with Gasteiger partial charge in [0, 0.05) is 37.3 Å². The molecule has 4 atom stereocenters. The third-order valence-electron chi connectivity index (χ3n) is 8.32. The molecule has 0 saturated carbocycles. The first-order valence-corrected chi connectivity index (χ1v) is 16.9. The Kier molecular flexibility index (Phi) is 8.51. The minimum absolute atomic E-state index is 0.0254. The highest BCUT2D eigenvalue weighted by Crippen LogP contribution is 2.42. The maximum atomic E-state index is 14.1. The predicted octanol–water partition coefficient (Wildman–Crippen LogP) is 1.76. The summed E-state index contributed by atoms with van der Waals surface area (Å²) < 4.78 is 96.3. The molecule has 1 unspecified atom stereocenters. The monoisotopic (exact) mass is 628 g/mol. The van der Waals surface area contributed by atoms with Gasteiger partial charge in [-0.25, -0.2) is 34.7 Å². The number of carbonyl (C=O) groups is 2. The van der Waals surface area contributed by atoms with Crippen LogP contribution in [-0.2, 0) is 26.5 Å². The molecule has 3 aliphatic heterocycles. The molecule has 2 bridgehead atoms. The number of benzene rings is 2. The molecule has 42 heavy (non-hydrogen) atoms. The number of rotatable bonds is 11. The summed E-state index contributed by atoms with van der Waals surface area (Å²) in [5.41, 5.74) is 6.68. The zero-order chi connectivity index (χ0) is 30.4. The number of nitrogens with one attached hydrogen (secondary N) is 1. The fourth-order valence-corrected chi connectivity index (χ4v) is 9.25. The first-order chi connectivity index (χ1) is 19.8. The van der Waals surface area contributed by atoms with E-state index in [1.165, 1.54) is 16.4 Å². The number of hydrogen-bond donors (Lipinski definition) is 2. The van der Waals surface area contributed by atoms with Crippen molar-refractivity contribution in [3.8, 4) is 0 Å². The first kappa shape index (κ1) is 30.6. The number of nitrogens with zero attached hydrogens (tertiary/aromatic N) is 2. The number of piperidine rings is 1. The molecule has 0 aliphatic carbocycles. The summed E-state index contributed by atoms with van der Waals surface area (Å²) in [6.07, 6.45) is 1.99. The molecule has 3 N–H and O–H groups in total. The Balaban J connectivity index is 1.13. The largest absolute Gasteiger partial charge is 0.327 e. The van der Waals surface area contributed by atoms with Crippen molar-refractivity contribution < 1.29 is 39.6 Å². The highest BCUT2D eigenvalue weighted by Gasteiger charge is 2.47. The lowest BCUT2D eigenvalue weighted by molar-refractivity contribution is 0.0664. The van der Waals surface area contributed by atoms with E-state index in [9.17, 15) is 39.6 Å². The molecule has 3 heterocycles. The van der Waals surface area contributed by atoms with E-state index in [4.69, 9.17) is 5.73 Å². The van der Waals surface area contributed by atoms with Gasteiger partial charge in [-0.15, -0.1) is 0 Å². The third-order valence-corrected chi connectivity index (χ3v) is 11.6. The Morgan fingerprint density at radius 1 is 0.881 bits per heavy atom. The number of amides is 2. The number of halogens is 3. The van der Waals surface area contributed by atoms with Crippen LogP contribution in [-0.4, -0.2) is 80.6 Å². The second-order valence-electron chi connectivity index (χ2n) is 11.0. The zero-order valence-electron chi connectivity index (χ0n) is 22.5. The van der Waals surface area contributed by atoms with Crippen molar-refractivity contribution in [2.75, 3.05) is 24.6 Å². The van der Waals surface area contributed by atoms with E-state index in [2.05, 4.69) is 4.72 Å². The standard InChI is InChI=1S/C27H31F3N4O6S2/c28-22-15-24(30)23(29)13-16(22)14-25(31)17-11-18-5-6-19(12-17)34(18)42(39,40)9-7-32-41(37,38)10-8-33-26(35)20-3-1-2-4-21(20)27(33)36/h1-4,13,15,17-19,25,32H,5-12,14,31H2/t17?,18-,19+,25-/m1/s1. The van der Waals surface area contributed by atoms with E-state index in [1.54, 1.807) is 12.1 Å². The van der Waals surface area contributed by atoms with Crippen molar-refractivity contribution in [3.05, 3.63) is 70.5 Å². The molecule has 2 aromatic rings. The molecule has 0 radical (unpaired) electrons. The second kappa shape index (κ2) is 11.7. The molecule has 0 aromatic heterocycles. The first-order valence-electron chi connectivity index (χ1n) is 13.6. The lowest BCUT2D eigenvalue weighted by Crippen LogP contribution is -2.51. The van der Waals surface area contributed by atoms with Crippen molar-refractivity contribution in [1.82, 2.24) is 13.9 Å².